The van der Waals surface area contributed by atoms with Crippen LogP contribution in [0.1, 0.15) is 20.3 Å². The second-order valence-electron chi connectivity index (χ2n) is 5.47. The van der Waals surface area contributed by atoms with Gasteiger partial charge in [-0.2, -0.15) is 0 Å². The minimum atomic E-state index is -0.541. The molecule has 1 saturated heterocycles. The Kier molecular flexibility index (Phi) is 3.80. The quantitative estimate of drug-likeness (QED) is 0.693. The van der Waals surface area contributed by atoms with Gasteiger partial charge in [0.05, 0.1) is 12.7 Å². The van der Waals surface area contributed by atoms with E-state index in [1.54, 1.807) is 13.9 Å². The van der Waals surface area contributed by atoms with Gasteiger partial charge in [0.15, 0.2) is 5.79 Å². The molecule has 2 rings (SSSR count). The van der Waals surface area contributed by atoms with Crippen LogP contribution in [0.25, 0.3) is 0 Å². The average Bonchev–Trinajstić information content (AvgIpc) is 2.63. The molecule has 1 saturated carbocycles. The molecule has 0 bridgehead atoms. The number of ether oxygens (including phenoxy) is 3. The van der Waals surface area contributed by atoms with E-state index in [9.17, 15) is 5.02 Å². The molecular formula is C11H22BNO4. The lowest BCUT2D eigenvalue weighted by Gasteiger charge is -2.24. The van der Waals surface area contributed by atoms with E-state index in [0.29, 0.717) is 12.5 Å². The minimum absolute atomic E-state index is 0.000231. The fourth-order valence-electron chi connectivity index (χ4n) is 2.94. The van der Waals surface area contributed by atoms with Crippen molar-refractivity contribution in [2.75, 3.05) is 13.7 Å². The van der Waals surface area contributed by atoms with E-state index in [1.165, 1.54) is 0 Å². The van der Waals surface area contributed by atoms with Gasteiger partial charge < -0.3 is 24.5 Å². The van der Waals surface area contributed by atoms with Gasteiger partial charge >= 0.3 is 7.05 Å². The lowest BCUT2D eigenvalue weighted by Crippen LogP contribution is -2.46. The fraction of sp³-hybridized carbons (Fsp3) is 1.00. The molecule has 17 heavy (non-hydrogen) atoms. The normalized spacial score (nSPS) is 39.4. The van der Waals surface area contributed by atoms with E-state index in [0.717, 1.165) is 6.42 Å². The Morgan fingerprint density at radius 3 is 2.65 bits per heavy atom. The molecule has 0 aromatic rings. The van der Waals surface area contributed by atoms with Crippen LogP contribution in [0.2, 0.25) is 6.82 Å². The number of hydrogen-bond acceptors (Lipinski definition) is 5. The highest BCUT2D eigenvalue weighted by Crippen LogP contribution is 2.41. The van der Waals surface area contributed by atoms with Crippen molar-refractivity contribution in [3.63, 3.8) is 0 Å². The summed E-state index contributed by atoms with van der Waals surface area (Å²) in [6, 6.07) is 0.127. The monoisotopic (exact) mass is 243 g/mol. The summed E-state index contributed by atoms with van der Waals surface area (Å²) in [6.07, 6.45) is 0.963. The van der Waals surface area contributed by atoms with Crippen LogP contribution >= 0.6 is 0 Å². The molecule has 1 aliphatic carbocycles. The van der Waals surface area contributed by atoms with Crippen LogP contribution < -0.4 is 5.23 Å². The Morgan fingerprint density at radius 2 is 2.06 bits per heavy atom. The number of fused-ring (bicyclic) bond motifs is 1. The summed E-state index contributed by atoms with van der Waals surface area (Å²) >= 11 is 0. The molecule has 1 heterocycles. The molecule has 0 spiro atoms. The van der Waals surface area contributed by atoms with Gasteiger partial charge in [0.2, 0.25) is 0 Å². The highest BCUT2D eigenvalue weighted by Gasteiger charge is 2.53. The van der Waals surface area contributed by atoms with E-state index in [2.05, 4.69) is 5.23 Å². The van der Waals surface area contributed by atoms with Gasteiger partial charge in [-0.25, -0.2) is 0 Å². The third-order valence-electron chi connectivity index (χ3n) is 3.42. The molecule has 98 valence electrons. The molecular weight excluding hydrogens is 221 g/mol. The number of methoxy groups -OCH3 is 1. The first-order valence-corrected chi connectivity index (χ1v) is 6.21. The number of hydrogen-bond donors (Lipinski definition) is 2. The molecule has 6 heteroatoms. The summed E-state index contributed by atoms with van der Waals surface area (Å²) < 4.78 is 17.1. The molecule has 0 amide bonds. The second kappa shape index (κ2) is 4.86. The van der Waals surface area contributed by atoms with E-state index in [1.807, 2.05) is 13.8 Å². The Labute approximate surface area is 103 Å². The first-order chi connectivity index (χ1) is 7.93. The van der Waals surface area contributed by atoms with E-state index >= 15 is 0 Å². The molecule has 1 aliphatic heterocycles. The summed E-state index contributed by atoms with van der Waals surface area (Å²) in [6.45, 7) is 6.24. The van der Waals surface area contributed by atoms with Gasteiger partial charge in [-0.05, 0) is 27.1 Å². The van der Waals surface area contributed by atoms with Crippen LogP contribution in [0.15, 0.2) is 0 Å². The SMILES string of the molecule is COC[C@H]1CC(NB(C)O)C2OC(C)(C)OC21. The predicted octanol–water partition coefficient (Wildman–Crippen LogP) is 0.241. The zero-order valence-electron chi connectivity index (χ0n) is 11.0. The van der Waals surface area contributed by atoms with Crippen molar-refractivity contribution in [1.29, 1.82) is 0 Å². The molecule has 2 fully saturated rings. The fourth-order valence-corrected chi connectivity index (χ4v) is 2.94. The van der Waals surface area contributed by atoms with Crippen molar-refractivity contribution in [3.8, 4) is 0 Å². The number of nitrogens with one attached hydrogen (secondary N) is 1. The van der Waals surface area contributed by atoms with E-state index in [-0.39, 0.29) is 18.2 Å². The van der Waals surface area contributed by atoms with Crippen molar-refractivity contribution in [1.82, 2.24) is 5.23 Å². The summed E-state index contributed by atoms with van der Waals surface area (Å²) in [7, 11) is 1.17. The van der Waals surface area contributed by atoms with Crippen molar-refractivity contribution < 1.29 is 19.2 Å². The van der Waals surface area contributed by atoms with Gasteiger partial charge in [-0.3, -0.25) is 0 Å². The maximum absolute atomic E-state index is 9.44. The molecule has 0 radical (unpaired) electrons. The first kappa shape index (κ1) is 13.3. The van der Waals surface area contributed by atoms with Crippen molar-refractivity contribution in [2.24, 2.45) is 5.92 Å². The average molecular weight is 243 g/mol. The Morgan fingerprint density at radius 1 is 1.41 bits per heavy atom. The summed E-state index contributed by atoms with van der Waals surface area (Å²) in [5, 5.41) is 12.6. The van der Waals surface area contributed by atoms with Crippen LogP contribution in [0.4, 0.5) is 0 Å². The van der Waals surface area contributed by atoms with Gasteiger partial charge in [0.1, 0.15) is 6.10 Å². The highest BCUT2D eigenvalue weighted by molar-refractivity contribution is 6.45. The maximum Gasteiger partial charge on any atom is 0.373 e. The first-order valence-electron chi connectivity index (χ1n) is 6.21. The second-order valence-corrected chi connectivity index (χ2v) is 5.47. The highest BCUT2D eigenvalue weighted by atomic mass is 16.8. The van der Waals surface area contributed by atoms with Gasteiger partial charge in [-0.15, -0.1) is 0 Å². The maximum atomic E-state index is 9.44. The summed E-state index contributed by atoms with van der Waals surface area (Å²) in [5.41, 5.74) is 0. The summed E-state index contributed by atoms with van der Waals surface area (Å²) in [4.78, 5) is 0. The third kappa shape index (κ3) is 2.82. The van der Waals surface area contributed by atoms with Crippen molar-refractivity contribution in [3.05, 3.63) is 0 Å². The largest absolute Gasteiger partial charge is 0.437 e. The van der Waals surface area contributed by atoms with Crippen LogP contribution in [-0.4, -0.2) is 49.8 Å². The smallest absolute Gasteiger partial charge is 0.373 e. The Bertz CT molecular complexity index is 274. The van der Waals surface area contributed by atoms with Crippen LogP contribution in [0, 0.1) is 5.92 Å². The minimum Gasteiger partial charge on any atom is -0.437 e. The van der Waals surface area contributed by atoms with E-state index in [4.69, 9.17) is 14.2 Å². The standard InChI is InChI=1S/C11H22BNO4/c1-11(2)16-9-7(6-15-4)5-8(10(9)17-11)13-12(3)14/h7-10,13-14H,5-6H2,1-4H3/t7-,8?,9?,10?/m1/s1. The molecule has 2 N–H and O–H groups in total. The third-order valence-corrected chi connectivity index (χ3v) is 3.42. The zero-order chi connectivity index (χ0) is 12.6. The molecule has 5 nitrogen and oxygen atoms in total. The molecule has 3 unspecified atom stereocenters. The van der Waals surface area contributed by atoms with E-state index < -0.39 is 12.8 Å². The Hall–Kier alpha value is -0.135. The van der Waals surface area contributed by atoms with Crippen LogP contribution in [0.5, 0.6) is 0 Å². The van der Waals surface area contributed by atoms with Gasteiger partial charge in [0, 0.05) is 19.1 Å². The number of rotatable bonds is 4. The summed E-state index contributed by atoms with van der Waals surface area (Å²) in [5.74, 6) is -0.219. The molecule has 0 aromatic carbocycles. The van der Waals surface area contributed by atoms with Crippen LogP contribution in [-0.2, 0) is 14.2 Å². The Balaban J connectivity index is 2.06. The zero-order valence-corrected chi connectivity index (χ0v) is 11.0. The topological polar surface area (TPSA) is 60.0 Å². The lowest BCUT2D eigenvalue weighted by atomic mass is 9.86. The lowest BCUT2D eigenvalue weighted by molar-refractivity contribution is -0.160. The van der Waals surface area contributed by atoms with Crippen LogP contribution in [0.3, 0.4) is 0 Å². The molecule has 2 aliphatic rings. The van der Waals surface area contributed by atoms with Crippen molar-refractivity contribution >= 4 is 7.05 Å². The predicted molar refractivity (Wildman–Crippen MR) is 64.6 cm³/mol. The van der Waals surface area contributed by atoms with Crippen molar-refractivity contribution in [2.45, 2.75) is 51.1 Å². The molecule has 0 aromatic heterocycles. The molecule has 4 atom stereocenters. The van der Waals surface area contributed by atoms with Gasteiger partial charge in [-0.1, -0.05) is 0 Å². The van der Waals surface area contributed by atoms with Gasteiger partial charge in [0.25, 0.3) is 0 Å².